The van der Waals surface area contributed by atoms with Crippen molar-refractivity contribution in [2.45, 2.75) is 19.4 Å². The molecule has 0 saturated carbocycles. The van der Waals surface area contributed by atoms with Crippen LogP contribution in [0.4, 0.5) is 0 Å². The van der Waals surface area contributed by atoms with E-state index in [1.807, 2.05) is 0 Å². The summed E-state index contributed by atoms with van der Waals surface area (Å²) < 4.78 is 10.5. The van der Waals surface area contributed by atoms with Crippen LogP contribution < -0.4 is 10.1 Å². The molecule has 0 aliphatic heterocycles. The van der Waals surface area contributed by atoms with E-state index in [1.165, 1.54) is 24.5 Å². The molecule has 0 saturated heterocycles. The second-order valence-corrected chi connectivity index (χ2v) is 7.44. The Morgan fingerprint density at radius 3 is 2.37 bits per heavy atom. The number of pyridine rings is 1. The molecule has 0 aliphatic rings. The summed E-state index contributed by atoms with van der Waals surface area (Å²) in [4.78, 5) is 27.9. The van der Waals surface area contributed by atoms with Crippen molar-refractivity contribution in [3.63, 3.8) is 0 Å². The maximum absolute atomic E-state index is 12.2. The summed E-state index contributed by atoms with van der Waals surface area (Å²) in [5.74, 6) is -0.700. The van der Waals surface area contributed by atoms with Crippen LogP contribution in [0.25, 0.3) is 0 Å². The first kappa shape index (κ1) is 21.3. The highest BCUT2D eigenvalue weighted by atomic mass is 35.5. The van der Waals surface area contributed by atoms with Gasteiger partial charge in [-0.05, 0) is 32.0 Å². The van der Waals surface area contributed by atoms with Crippen LogP contribution >= 0.6 is 34.8 Å². The Bertz CT molecular complexity index is 829. The van der Waals surface area contributed by atoms with Crippen LogP contribution in [-0.4, -0.2) is 35.6 Å². The average molecular weight is 432 g/mol. The predicted octanol–water partition coefficient (Wildman–Crippen LogP) is 4.17. The second-order valence-electron chi connectivity index (χ2n) is 6.22. The number of halogens is 3. The van der Waals surface area contributed by atoms with Crippen molar-refractivity contribution in [1.82, 2.24) is 10.3 Å². The molecule has 9 heteroatoms. The summed E-state index contributed by atoms with van der Waals surface area (Å²) in [5, 5.41) is 3.55. The van der Waals surface area contributed by atoms with Crippen molar-refractivity contribution >= 4 is 46.7 Å². The van der Waals surface area contributed by atoms with Gasteiger partial charge in [-0.2, -0.15) is 0 Å². The number of nitrogens with zero attached hydrogens (tertiary/aromatic N) is 1. The number of ether oxygens (including phenoxy) is 2. The molecule has 27 heavy (non-hydrogen) atoms. The monoisotopic (exact) mass is 430 g/mol. The lowest BCUT2D eigenvalue weighted by molar-refractivity contribution is -0.147. The Morgan fingerprint density at radius 1 is 1.07 bits per heavy atom. The molecule has 2 aromatic rings. The molecule has 2 rings (SSSR count). The summed E-state index contributed by atoms with van der Waals surface area (Å²) >= 11 is 17.7. The van der Waals surface area contributed by atoms with Gasteiger partial charge in [0.05, 0.1) is 20.6 Å². The minimum Gasteiger partial charge on any atom is -0.480 e. The first-order chi connectivity index (χ1) is 12.7. The van der Waals surface area contributed by atoms with Crippen molar-refractivity contribution < 1.29 is 19.1 Å². The number of carbonyl (C=O) groups excluding carboxylic acids is 2. The van der Waals surface area contributed by atoms with Crippen LogP contribution in [0.1, 0.15) is 24.2 Å². The molecule has 0 fully saturated rings. The fourth-order valence-corrected chi connectivity index (χ4v) is 2.56. The predicted molar refractivity (Wildman–Crippen MR) is 104 cm³/mol. The van der Waals surface area contributed by atoms with Crippen molar-refractivity contribution in [2.75, 3.05) is 13.2 Å². The molecular formula is C18H17Cl3N2O4. The quantitative estimate of drug-likeness (QED) is 0.526. The Kier molecular flexibility index (Phi) is 7.30. The Labute approximate surface area is 171 Å². The van der Waals surface area contributed by atoms with Gasteiger partial charge < -0.3 is 14.8 Å². The third-order valence-electron chi connectivity index (χ3n) is 3.31. The minimum atomic E-state index is -0.781. The SMILES string of the molecule is CC(C)(COC(=O)COc1cc(Cl)c(Cl)cc1Cl)NC(=O)c1ccncc1. The number of hydrogen-bond donors (Lipinski definition) is 1. The lowest BCUT2D eigenvalue weighted by atomic mass is 10.1. The van der Waals surface area contributed by atoms with Crippen LogP contribution in [0.2, 0.25) is 15.1 Å². The topological polar surface area (TPSA) is 77.5 Å². The Hall–Kier alpha value is -2.02. The lowest BCUT2D eigenvalue weighted by Gasteiger charge is -2.25. The smallest absolute Gasteiger partial charge is 0.344 e. The van der Waals surface area contributed by atoms with Gasteiger partial charge in [-0.25, -0.2) is 4.79 Å². The maximum Gasteiger partial charge on any atom is 0.344 e. The number of benzene rings is 1. The van der Waals surface area contributed by atoms with Gasteiger partial charge in [0.2, 0.25) is 0 Å². The number of amides is 1. The number of carbonyl (C=O) groups is 2. The molecule has 1 aromatic heterocycles. The summed E-state index contributed by atoms with van der Waals surface area (Å²) in [6.45, 7) is 3.05. The van der Waals surface area contributed by atoms with Gasteiger partial charge in [0.15, 0.2) is 6.61 Å². The van der Waals surface area contributed by atoms with E-state index < -0.39 is 11.5 Å². The van der Waals surface area contributed by atoms with Crippen LogP contribution in [0.15, 0.2) is 36.7 Å². The Morgan fingerprint density at radius 2 is 1.70 bits per heavy atom. The third-order valence-corrected chi connectivity index (χ3v) is 4.33. The number of aromatic nitrogens is 1. The van der Waals surface area contributed by atoms with E-state index in [1.54, 1.807) is 26.0 Å². The number of hydrogen-bond acceptors (Lipinski definition) is 5. The van der Waals surface area contributed by atoms with E-state index in [9.17, 15) is 9.59 Å². The van der Waals surface area contributed by atoms with Gasteiger partial charge in [-0.15, -0.1) is 0 Å². The van der Waals surface area contributed by atoms with Crippen LogP contribution in [-0.2, 0) is 9.53 Å². The molecular weight excluding hydrogens is 415 g/mol. The van der Waals surface area contributed by atoms with E-state index in [0.717, 1.165) is 0 Å². The van der Waals surface area contributed by atoms with Gasteiger partial charge in [0.25, 0.3) is 5.91 Å². The Balaban J connectivity index is 1.83. The van der Waals surface area contributed by atoms with Gasteiger partial charge >= 0.3 is 5.97 Å². The molecule has 144 valence electrons. The number of rotatable bonds is 7. The third kappa shape index (κ3) is 6.57. The zero-order valence-corrected chi connectivity index (χ0v) is 16.9. The number of nitrogens with one attached hydrogen (secondary N) is 1. The zero-order chi connectivity index (χ0) is 20.0. The van der Waals surface area contributed by atoms with Gasteiger partial charge in [-0.3, -0.25) is 9.78 Å². The zero-order valence-electron chi connectivity index (χ0n) is 14.6. The molecule has 1 N–H and O–H groups in total. The van der Waals surface area contributed by atoms with E-state index >= 15 is 0 Å². The lowest BCUT2D eigenvalue weighted by Crippen LogP contribution is -2.47. The van der Waals surface area contributed by atoms with Crippen LogP contribution in [0.3, 0.4) is 0 Å². The number of esters is 1. The summed E-state index contributed by atoms with van der Waals surface area (Å²) in [6, 6.07) is 6.01. The molecule has 0 atom stereocenters. The van der Waals surface area contributed by atoms with E-state index in [0.29, 0.717) is 5.56 Å². The maximum atomic E-state index is 12.2. The highest BCUT2D eigenvalue weighted by molar-refractivity contribution is 6.43. The van der Waals surface area contributed by atoms with Crippen molar-refractivity contribution in [3.8, 4) is 5.75 Å². The minimum absolute atomic E-state index is 0.0406. The summed E-state index contributed by atoms with van der Waals surface area (Å²) in [7, 11) is 0. The highest BCUT2D eigenvalue weighted by Crippen LogP contribution is 2.33. The van der Waals surface area contributed by atoms with Crippen molar-refractivity contribution in [2.24, 2.45) is 0 Å². The largest absolute Gasteiger partial charge is 0.480 e. The fraction of sp³-hybridized carbons (Fsp3) is 0.278. The van der Waals surface area contributed by atoms with E-state index in [-0.39, 0.29) is 39.9 Å². The first-order valence-electron chi connectivity index (χ1n) is 7.83. The van der Waals surface area contributed by atoms with E-state index in [4.69, 9.17) is 44.3 Å². The molecule has 0 unspecified atom stereocenters. The molecule has 0 bridgehead atoms. The van der Waals surface area contributed by atoms with Crippen LogP contribution in [0.5, 0.6) is 5.75 Å². The van der Waals surface area contributed by atoms with Gasteiger partial charge in [0, 0.05) is 24.0 Å². The van der Waals surface area contributed by atoms with Crippen molar-refractivity contribution in [1.29, 1.82) is 0 Å². The van der Waals surface area contributed by atoms with Gasteiger partial charge in [-0.1, -0.05) is 34.8 Å². The molecule has 0 radical (unpaired) electrons. The fourth-order valence-electron chi connectivity index (χ4n) is 1.97. The molecule has 1 amide bonds. The van der Waals surface area contributed by atoms with Crippen LogP contribution in [0, 0.1) is 0 Å². The standard InChI is InChI=1S/C18H17Cl3N2O4/c1-18(2,23-17(25)11-3-5-22-6-4-11)10-27-16(24)9-26-15-8-13(20)12(19)7-14(15)21/h3-8H,9-10H2,1-2H3,(H,23,25). The second kappa shape index (κ2) is 9.26. The van der Waals surface area contributed by atoms with E-state index in [2.05, 4.69) is 10.3 Å². The molecule has 0 spiro atoms. The summed E-state index contributed by atoms with van der Waals surface area (Å²) in [6.07, 6.45) is 3.04. The normalized spacial score (nSPS) is 11.0. The average Bonchev–Trinajstić information content (AvgIpc) is 2.62. The molecule has 0 aliphatic carbocycles. The summed E-state index contributed by atoms with van der Waals surface area (Å²) in [5.41, 5.74) is -0.320. The molecule has 1 heterocycles. The molecule has 1 aromatic carbocycles. The molecule has 6 nitrogen and oxygen atoms in total. The van der Waals surface area contributed by atoms with Gasteiger partial charge in [0.1, 0.15) is 12.4 Å². The highest BCUT2D eigenvalue weighted by Gasteiger charge is 2.23. The first-order valence-corrected chi connectivity index (χ1v) is 8.97. The van der Waals surface area contributed by atoms with Crippen molar-refractivity contribution in [3.05, 3.63) is 57.3 Å².